The van der Waals surface area contributed by atoms with Gasteiger partial charge in [0.15, 0.2) is 0 Å². The van der Waals surface area contributed by atoms with Crippen LogP contribution in [0.2, 0.25) is 0 Å². The summed E-state index contributed by atoms with van der Waals surface area (Å²) in [4.78, 5) is 10.6. The summed E-state index contributed by atoms with van der Waals surface area (Å²) >= 11 is 0. The quantitative estimate of drug-likeness (QED) is 0.547. The summed E-state index contributed by atoms with van der Waals surface area (Å²) in [6, 6.07) is 2.79. The Morgan fingerprint density at radius 2 is 2.00 bits per heavy atom. The lowest BCUT2D eigenvalue weighted by molar-refractivity contribution is 0.0697. The predicted molar refractivity (Wildman–Crippen MR) is 78.5 cm³/mol. The van der Waals surface area contributed by atoms with E-state index in [2.05, 4.69) is 4.72 Å². The van der Waals surface area contributed by atoms with Crippen LogP contribution in [-0.2, 0) is 10.0 Å². The van der Waals surface area contributed by atoms with Crippen molar-refractivity contribution in [2.45, 2.75) is 31.2 Å². The lowest BCUT2D eigenvalue weighted by Crippen LogP contribution is -2.38. The molecule has 0 saturated carbocycles. The van der Waals surface area contributed by atoms with E-state index in [1.54, 1.807) is 0 Å². The molecule has 0 bridgehead atoms. The van der Waals surface area contributed by atoms with Crippen molar-refractivity contribution in [3.63, 3.8) is 0 Å². The highest BCUT2D eigenvalue weighted by molar-refractivity contribution is 7.89. The molecule has 1 rings (SSSR count). The van der Waals surface area contributed by atoms with Crippen LogP contribution in [0.3, 0.4) is 0 Å². The first-order chi connectivity index (χ1) is 9.67. The zero-order valence-electron chi connectivity index (χ0n) is 11.9. The van der Waals surface area contributed by atoms with E-state index in [4.69, 9.17) is 10.8 Å². The van der Waals surface area contributed by atoms with Crippen molar-refractivity contribution in [3.8, 4) is 0 Å². The van der Waals surface area contributed by atoms with Gasteiger partial charge in [-0.15, -0.1) is 0 Å². The molecule has 0 fully saturated rings. The predicted octanol–water partition coefficient (Wildman–Crippen LogP) is 0.652. The van der Waals surface area contributed by atoms with Gasteiger partial charge in [-0.25, -0.2) is 17.9 Å². The van der Waals surface area contributed by atoms with Crippen molar-refractivity contribution in [2.24, 2.45) is 5.92 Å². The zero-order chi connectivity index (χ0) is 16.2. The number of carboxylic acids is 1. The average molecular weight is 316 g/mol. The molecule has 118 valence electrons. The molecule has 0 aromatic heterocycles. The molecule has 1 unspecified atom stereocenters. The number of aliphatic hydroxyl groups is 1. The Kier molecular flexibility index (Phi) is 5.70. The van der Waals surface area contributed by atoms with E-state index in [-0.39, 0.29) is 28.7 Å². The molecule has 5 N–H and O–H groups in total. The number of nitrogens with two attached hydrogens (primary N) is 1. The highest BCUT2D eigenvalue weighted by Crippen LogP contribution is 2.20. The van der Waals surface area contributed by atoms with Crippen LogP contribution < -0.4 is 10.5 Å². The molecule has 0 aliphatic carbocycles. The number of anilines is 1. The molecule has 7 nitrogen and oxygen atoms in total. The fraction of sp³-hybridized carbons (Fsp3) is 0.462. The first-order valence-electron chi connectivity index (χ1n) is 6.43. The third kappa shape index (κ3) is 4.69. The van der Waals surface area contributed by atoms with Crippen LogP contribution in [0.5, 0.6) is 0 Å². The second-order valence-electron chi connectivity index (χ2n) is 5.19. The maximum absolute atomic E-state index is 12.2. The maximum atomic E-state index is 12.2. The molecule has 8 heteroatoms. The first kappa shape index (κ1) is 17.4. The van der Waals surface area contributed by atoms with Gasteiger partial charge in [0.25, 0.3) is 0 Å². The Bertz CT molecular complexity index is 613. The number of benzene rings is 1. The molecule has 21 heavy (non-hydrogen) atoms. The smallest absolute Gasteiger partial charge is 0.335 e. The number of aliphatic hydroxyl groups excluding tert-OH is 1. The third-order valence-electron chi connectivity index (χ3n) is 2.84. The average Bonchev–Trinajstić information content (AvgIpc) is 2.36. The van der Waals surface area contributed by atoms with Crippen LogP contribution >= 0.6 is 0 Å². The second-order valence-corrected chi connectivity index (χ2v) is 6.87. The van der Waals surface area contributed by atoms with E-state index in [1.807, 2.05) is 13.8 Å². The number of rotatable bonds is 7. The van der Waals surface area contributed by atoms with Gasteiger partial charge in [0.05, 0.1) is 17.9 Å². The summed E-state index contributed by atoms with van der Waals surface area (Å²) in [5.74, 6) is -0.983. The summed E-state index contributed by atoms with van der Waals surface area (Å²) in [6.07, 6.45) is 0.475. The summed E-state index contributed by atoms with van der Waals surface area (Å²) < 4.78 is 26.8. The van der Waals surface area contributed by atoms with Gasteiger partial charge in [-0.3, -0.25) is 0 Å². The summed E-state index contributed by atoms with van der Waals surface area (Å²) in [5, 5.41) is 18.1. The minimum absolute atomic E-state index is 0.0904. The molecule has 1 aromatic carbocycles. The molecule has 0 aliphatic heterocycles. The monoisotopic (exact) mass is 316 g/mol. The van der Waals surface area contributed by atoms with Crippen molar-refractivity contribution in [2.75, 3.05) is 12.3 Å². The van der Waals surface area contributed by atoms with Gasteiger partial charge in [0.1, 0.15) is 4.90 Å². The van der Waals surface area contributed by atoms with Gasteiger partial charge in [-0.05, 0) is 30.5 Å². The lowest BCUT2D eigenvalue weighted by atomic mass is 10.1. The van der Waals surface area contributed by atoms with E-state index in [0.717, 1.165) is 12.1 Å². The molecule has 0 saturated heterocycles. The molecule has 1 aromatic rings. The molecular weight excluding hydrogens is 296 g/mol. The molecule has 0 amide bonds. The van der Waals surface area contributed by atoms with E-state index in [1.165, 1.54) is 6.07 Å². The van der Waals surface area contributed by atoms with Gasteiger partial charge in [-0.1, -0.05) is 13.8 Å². The number of carboxylic acid groups (broad SMARTS) is 1. The first-order valence-corrected chi connectivity index (χ1v) is 7.91. The van der Waals surface area contributed by atoms with Crippen molar-refractivity contribution in [3.05, 3.63) is 23.8 Å². The van der Waals surface area contributed by atoms with Crippen LogP contribution in [0.1, 0.15) is 30.6 Å². The number of nitrogens with one attached hydrogen (secondary N) is 1. The fourth-order valence-corrected chi connectivity index (χ4v) is 3.29. The van der Waals surface area contributed by atoms with Crippen LogP contribution in [0.4, 0.5) is 5.69 Å². The van der Waals surface area contributed by atoms with Crippen LogP contribution in [0.25, 0.3) is 0 Å². The largest absolute Gasteiger partial charge is 0.478 e. The Morgan fingerprint density at radius 1 is 1.38 bits per heavy atom. The Morgan fingerprint density at radius 3 is 2.43 bits per heavy atom. The normalized spacial score (nSPS) is 13.3. The molecule has 0 radical (unpaired) electrons. The topological polar surface area (TPSA) is 130 Å². The van der Waals surface area contributed by atoms with E-state index < -0.39 is 22.0 Å². The Labute approximate surface area is 123 Å². The molecule has 0 spiro atoms. The van der Waals surface area contributed by atoms with Crippen molar-refractivity contribution >= 4 is 21.7 Å². The Hall–Kier alpha value is -1.64. The molecule has 0 aliphatic rings. The standard InChI is InChI=1S/C13H20N2O5S/c1-8(2)5-10(7-16)15-21(19,20)12-4-3-9(13(17)18)6-11(12)14/h3-4,6,8,10,15-16H,5,7,14H2,1-2H3,(H,17,18). The lowest BCUT2D eigenvalue weighted by Gasteiger charge is -2.19. The number of carbonyl (C=O) groups is 1. The van der Waals surface area contributed by atoms with Crippen LogP contribution in [-0.4, -0.2) is 37.2 Å². The van der Waals surface area contributed by atoms with Gasteiger partial charge in [0, 0.05) is 6.04 Å². The van der Waals surface area contributed by atoms with Gasteiger partial charge in [0.2, 0.25) is 10.0 Å². The van der Waals surface area contributed by atoms with Crippen molar-refractivity contribution < 1.29 is 23.4 Å². The van der Waals surface area contributed by atoms with Crippen molar-refractivity contribution in [1.29, 1.82) is 0 Å². The fourth-order valence-electron chi connectivity index (χ4n) is 1.94. The van der Waals surface area contributed by atoms with E-state index >= 15 is 0 Å². The molecule has 1 atom stereocenters. The summed E-state index contributed by atoms with van der Waals surface area (Å²) in [5.41, 5.74) is 5.38. The highest BCUT2D eigenvalue weighted by atomic mass is 32.2. The van der Waals surface area contributed by atoms with E-state index in [0.29, 0.717) is 6.42 Å². The number of sulfonamides is 1. The third-order valence-corrected chi connectivity index (χ3v) is 4.44. The maximum Gasteiger partial charge on any atom is 0.335 e. The number of hydrogen-bond donors (Lipinski definition) is 4. The van der Waals surface area contributed by atoms with Crippen LogP contribution in [0, 0.1) is 5.92 Å². The van der Waals surface area contributed by atoms with Gasteiger partial charge >= 0.3 is 5.97 Å². The number of nitrogen functional groups attached to an aromatic ring is 1. The minimum Gasteiger partial charge on any atom is -0.478 e. The van der Waals surface area contributed by atoms with Gasteiger partial charge in [-0.2, -0.15) is 0 Å². The SMILES string of the molecule is CC(C)CC(CO)NS(=O)(=O)c1ccc(C(=O)O)cc1N. The number of aromatic carboxylic acids is 1. The molecule has 0 heterocycles. The minimum atomic E-state index is -3.92. The summed E-state index contributed by atoms with van der Waals surface area (Å²) in [7, 11) is -3.92. The van der Waals surface area contributed by atoms with Gasteiger partial charge < -0.3 is 15.9 Å². The molecular formula is C13H20N2O5S. The zero-order valence-corrected chi connectivity index (χ0v) is 12.7. The Balaban J connectivity index is 3.05. The van der Waals surface area contributed by atoms with Crippen LogP contribution in [0.15, 0.2) is 23.1 Å². The number of hydrogen-bond acceptors (Lipinski definition) is 5. The van der Waals surface area contributed by atoms with E-state index in [9.17, 15) is 18.3 Å². The second kappa shape index (κ2) is 6.88. The summed E-state index contributed by atoms with van der Waals surface area (Å²) in [6.45, 7) is 3.49. The van der Waals surface area contributed by atoms with Crippen molar-refractivity contribution in [1.82, 2.24) is 4.72 Å². The highest BCUT2D eigenvalue weighted by Gasteiger charge is 2.23.